The van der Waals surface area contributed by atoms with Gasteiger partial charge in [-0.1, -0.05) is 0 Å². The van der Waals surface area contributed by atoms with Crippen molar-refractivity contribution in [1.82, 2.24) is 15.5 Å². The number of methoxy groups -OCH3 is 1. The molecule has 2 unspecified atom stereocenters. The lowest BCUT2D eigenvalue weighted by Gasteiger charge is -2.27. The average molecular weight is 257 g/mol. The van der Waals surface area contributed by atoms with Crippen LogP contribution >= 0.6 is 0 Å². The number of likely N-dealkylation sites (N-methyl/N-ethyl adjacent to an activating group) is 1. The van der Waals surface area contributed by atoms with Gasteiger partial charge in [0.25, 0.3) is 0 Å². The molecule has 0 saturated carbocycles. The predicted octanol–water partition coefficient (Wildman–Crippen LogP) is 0.0689. The monoisotopic (exact) mass is 257 g/mol. The second-order valence-corrected chi connectivity index (χ2v) is 5.16. The second-order valence-electron chi connectivity index (χ2n) is 5.16. The summed E-state index contributed by atoms with van der Waals surface area (Å²) in [6.07, 6.45) is 1.90. The topological polar surface area (TPSA) is 53.6 Å². The van der Waals surface area contributed by atoms with Gasteiger partial charge in [-0.2, -0.15) is 0 Å². The smallest absolute Gasteiger partial charge is 0.223 e. The molecule has 0 aromatic heterocycles. The number of carbonyl (C=O) groups is 1. The van der Waals surface area contributed by atoms with Gasteiger partial charge >= 0.3 is 0 Å². The van der Waals surface area contributed by atoms with Crippen molar-refractivity contribution in [2.45, 2.75) is 25.8 Å². The van der Waals surface area contributed by atoms with Crippen molar-refractivity contribution in [2.75, 3.05) is 46.9 Å². The number of carbonyl (C=O) groups excluding carboxylic acids is 1. The summed E-state index contributed by atoms with van der Waals surface area (Å²) < 4.78 is 5.01. The molecule has 0 bridgehead atoms. The Morgan fingerprint density at radius 3 is 2.94 bits per heavy atom. The Bertz CT molecular complexity index is 248. The first kappa shape index (κ1) is 15.4. The molecule has 2 atom stereocenters. The van der Waals surface area contributed by atoms with Gasteiger partial charge in [0, 0.05) is 38.7 Å². The predicted molar refractivity (Wildman–Crippen MR) is 72.6 cm³/mol. The van der Waals surface area contributed by atoms with Crippen LogP contribution in [0.4, 0.5) is 0 Å². The number of rotatable bonds is 7. The van der Waals surface area contributed by atoms with Crippen LogP contribution in [0.25, 0.3) is 0 Å². The van der Waals surface area contributed by atoms with Crippen molar-refractivity contribution >= 4 is 5.91 Å². The molecule has 0 aliphatic carbocycles. The Hall–Kier alpha value is -0.650. The van der Waals surface area contributed by atoms with E-state index in [0.717, 1.165) is 45.6 Å². The molecule has 106 valence electrons. The molecule has 0 spiro atoms. The summed E-state index contributed by atoms with van der Waals surface area (Å²) in [6, 6.07) is 0.457. The Labute approximate surface area is 110 Å². The highest BCUT2D eigenvalue weighted by molar-refractivity contribution is 5.78. The molecule has 5 nitrogen and oxygen atoms in total. The van der Waals surface area contributed by atoms with E-state index in [1.807, 2.05) is 7.05 Å². The molecule has 1 aliphatic rings. The summed E-state index contributed by atoms with van der Waals surface area (Å²) in [7, 11) is 3.74. The first-order valence-corrected chi connectivity index (χ1v) is 6.82. The molecular weight excluding hydrogens is 230 g/mol. The molecular formula is C13H27N3O2. The van der Waals surface area contributed by atoms with Crippen molar-refractivity contribution in [3.63, 3.8) is 0 Å². The summed E-state index contributed by atoms with van der Waals surface area (Å²) in [5.74, 6) is 0.397. The van der Waals surface area contributed by atoms with Crippen LogP contribution in [-0.2, 0) is 9.53 Å². The van der Waals surface area contributed by atoms with Crippen LogP contribution in [0, 0.1) is 5.92 Å². The van der Waals surface area contributed by atoms with Gasteiger partial charge in [0.1, 0.15) is 0 Å². The summed E-state index contributed by atoms with van der Waals surface area (Å²) in [5.41, 5.74) is 0. The number of amides is 1. The molecule has 1 amide bonds. The number of piperidine rings is 1. The molecule has 1 fully saturated rings. The Kier molecular flexibility index (Phi) is 7.23. The summed E-state index contributed by atoms with van der Waals surface area (Å²) in [5, 5.41) is 6.39. The highest BCUT2D eigenvalue weighted by Gasteiger charge is 2.24. The van der Waals surface area contributed by atoms with Gasteiger partial charge in [-0.3, -0.25) is 4.79 Å². The summed E-state index contributed by atoms with van der Waals surface area (Å²) >= 11 is 0. The highest BCUT2D eigenvalue weighted by atomic mass is 16.5. The minimum Gasteiger partial charge on any atom is -0.383 e. The molecule has 1 rings (SSSR count). The standard InChI is InChI=1S/C13H27N3O2/c1-11-10-12(4-5-14-11)13(17)15-6-7-16(2)8-9-18-3/h11-12,14H,4-10H2,1-3H3,(H,15,17). The van der Waals surface area contributed by atoms with E-state index in [1.165, 1.54) is 0 Å². The molecule has 1 aliphatic heterocycles. The minimum absolute atomic E-state index is 0.186. The van der Waals surface area contributed by atoms with Crippen molar-refractivity contribution in [3.05, 3.63) is 0 Å². The van der Waals surface area contributed by atoms with Crippen LogP contribution in [0.1, 0.15) is 19.8 Å². The third-order valence-electron chi connectivity index (χ3n) is 3.46. The fourth-order valence-electron chi connectivity index (χ4n) is 2.24. The van der Waals surface area contributed by atoms with Gasteiger partial charge in [0.15, 0.2) is 0 Å². The van der Waals surface area contributed by atoms with Crippen LogP contribution in [0.15, 0.2) is 0 Å². The van der Waals surface area contributed by atoms with Crippen molar-refractivity contribution in [3.8, 4) is 0 Å². The number of nitrogens with one attached hydrogen (secondary N) is 2. The van der Waals surface area contributed by atoms with Crippen molar-refractivity contribution < 1.29 is 9.53 Å². The lowest BCUT2D eigenvalue weighted by atomic mass is 9.92. The van der Waals surface area contributed by atoms with Crippen LogP contribution in [-0.4, -0.2) is 63.8 Å². The van der Waals surface area contributed by atoms with Crippen molar-refractivity contribution in [2.24, 2.45) is 5.92 Å². The highest BCUT2D eigenvalue weighted by Crippen LogP contribution is 2.15. The lowest BCUT2D eigenvalue weighted by Crippen LogP contribution is -2.44. The maximum absolute atomic E-state index is 12.0. The third-order valence-corrected chi connectivity index (χ3v) is 3.46. The third kappa shape index (κ3) is 5.80. The van der Waals surface area contributed by atoms with E-state index >= 15 is 0 Å². The number of hydrogen-bond donors (Lipinski definition) is 2. The SMILES string of the molecule is COCCN(C)CCNC(=O)C1CCNC(C)C1. The molecule has 0 aromatic rings. The second kappa shape index (κ2) is 8.45. The van der Waals surface area contributed by atoms with Gasteiger partial charge in [-0.15, -0.1) is 0 Å². The number of nitrogens with zero attached hydrogens (tertiary/aromatic N) is 1. The minimum atomic E-state index is 0.186. The number of ether oxygens (including phenoxy) is 1. The van der Waals surface area contributed by atoms with Crippen LogP contribution in [0.5, 0.6) is 0 Å². The van der Waals surface area contributed by atoms with Crippen LogP contribution < -0.4 is 10.6 Å². The quantitative estimate of drug-likeness (QED) is 0.678. The molecule has 1 heterocycles. The zero-order chi connectivity index (χ0) is 13.4. The first-order valence-electron chi connectivity index (χ1n) is 6.82. The lowest BCUT2D eigenvalue weighted by molar-refractivity contribution is -0.126. The van der Waals surface area contributed by atoms with Gasteiger partial charge in [0.05, 0.1) is 6.61 Å². The average Bonchev–Trinajstić information content (AvgIpc) is 2.36. The molecule has 1 saturated heterocycles. The fourth-order valence-corrected chi connectivity index (χ4v) is 2.24. The Balaban J connectivity index is 2.12. The Morgan fingerprint density at radius 2 is 2.28 bits per heavy atom. The normalized spacial score (nSPS) is 24.2. The molecule has 0 radical (unpaired) electrons. The van der Waals surface area contributed by atoms with E-state index in [1.54, 1.807) is 7.11 Å². The van der Waals surface area contributed by atoms with Crippen molar-refractivity contribution in [1.29, 1.82) is 0 Å². The molecule has 18 heavy (non-hydrogen) atoms. The van der Waals surface area contributed by atoms with Gasteiger partial charge in [0.2, 0.25) is 5.91 Å². The maximum atomic E-state index is 12.0. The molecule has 0 aromatic carbocycles. The van der Waals surface area contributed by atoms with E-state index < -0.39 is 0 Å². The van der Waals surface area contributed by atoms with Crippen LogP contribution in [0.2, 0.25) is 0 Å². The maximum Gasteiger partial charge on any atom is 0.223 e. The number of hydrogen-bond acceptors (Lipinski definition) is 4. The fraction of sp³-hybridized carbons (Fsp3) is 0.923. The Morgan fingerprint density at radius 1 is 1.50 bits per heavy atom. The zero-order valence-electron chi connectivity index (χ0n) is 11.9. The van der Waals surface area contributed by atoms with E-state index in [0.29, 0.717) is 6.04 Å². The van der Waals surface area contributed by atoms with Gasteiger partial charge < -0.3 is 20.3 Å². The zero-order valence-corrected chi connectivity index (χ0v) is 11.9. The largest absolute Gasteiger partial charge is 0.383 e. The first-order chi connectivity index (χ1) is 8.63. The van der Waals surface area contributed by atoms with E-state index in [9.17, 15) is 4.79 Å². The van der Waals surface area contributed by atoms with E-state index in [-0.39, 0.29) is 11.8 Å². The summed E-state index contributed by atoms with van der Waals surface area (Å²) in [6.45, 7) is 6.31. The van der Waals surface area contributed by atoms with Crippen LogP contribution in [0.3, 0.4) is 0 Å². The molecule has 2 N–H and O–H groups in total. The van der Waals surface area contributed by atoms with E-state index in [4.69, 9.17) is 4.74 Å². The van der Waals surface area contributed by atoms with E-state index in [2.05, 4.69) is 22.5 Å². The molecule has 5 heteroatoms. The van der Waals surface area contributed by atoms with Gasteiger partial charge in [-0.05, 0) is 33.4 Å². The summed E-state index contributed by atoms with van der Waals surface area (Å²) in [4.78, 5) is 14.1. The van der Waals surface area contributed by atoms with Gasteiger partial charge in [-0.25, -0.2) is 0 Å².